The average molecular weight is 218 g/mol. The quantitative estimate of drug-likeness (QED) is 0.764. The summed E-state index contributed by atoms with van der Waals surface area (Å²) in [4.78, 5) is 7.41. The van der Waals surface area contributed by atoms with Gasteiger partial charge in [-0.3, -0.25) is 0 Å². The Morgan fingerprint density at radius 2 is 1.94 bits per heavy atom. The molecule has 1 heterocycles. The summed E-state index contributed by atoms with van der Waals surface area (Å²) < 4.78 is 13.7. The minimum absolute atomic E-state index is 0.0320. The molecule has 5 heteroatoms. The van der Waals surface area contributed by atoms with E-state index in [9.17, 15) is 4.39 Å². The number of hydrogen-bond acceptors (Lipinski definition) is 4. The lowest BCUT2D eigenvalue weighted by Crippen LogP contribution is -2.05. The monoisotopic (exact) mass is 218 g/mol. The first-order valence-electron chi connectivity index (χ1n) is 4.73. The molecular formula is C11H11FN4. The maximum Gasteiger partial charge on any atom is 0.222 e. The summed E-state index contributed by atoms with van der Waals surface area (Å²) in [7, 11) is 0. The lowest BCUT2D eigenvalue weighted by Gasteiger charge is -2.06. The van der Waals surface area contributed by atoms with Crippen molar-refractivity contribution in [1.82, 2.24) is 9.97 Å². The third-order valence-corrected chi connectivity index (χ3v) is 2.19. The van der Waals surface area contributed by atoms with E-state index in [0.717, 1.165) is 5.56 Å². The summed E-state index contributed by atoms with van der Waals surface area (Å²) in [6.07, 6.45) is 0. The Bertz CT molecular complexity index is 540. The average Bonchev–Trinajstić information content (AvgIpc) is 2.23. The van der Waals surface area contributed by atoms with Crippen molar-refractivity contribution in [3.8, 4) is 11.3 Å². The zero-order valence-electron chi connectivity index (χ0n) is 8.74. The number of nitrogens with zero attached hydrogens (tertiary/aromatic N) is 2. The third kappa shape index (κ3) is 1.79. The second-order valence-electron chi connectivity index (χ2n) is 3.50. The van der Waals surface area contributed by atoms with E-state index in [4.69, 9.17) is 11.5 Å². The molecule has 0 saturated carbocycles. The maximum atomic E-state index is 13.7. The molecule has 1 aromatic carbocycles. The summed E-state index contributed by atoms with van der Waals surface area (Å²) in [5, 5.41) is 0. The van der Waals surface area contributed by atoms with Crippen molar-refractivity contribution in [3.63, 3.8) is 0 Å². The van der Waals surface area contributed by atoms with Crippen molar-refractivity contribution < 1.29 is 4.39 Å². The summed E-state index contributed by atoms with van der Waals surface area (Å²) in [5.41, 5.74) is 12.6. The molecule has 0 amide bonds. The molecule has 16 heavy (non-hydrogen) atoms. The number of rotatable bonds is 1. The molecule has 0 fully saturated rings. The van der Waals surface area contributed by atoms with Gasteiger partial charge in [0.05, 0.1) is 0 Å². The minimum Gasteiger partial charge on any atom is -0.381 e. The molecule has 0 saturated heterocycles. The molecule has 0 spiro atoms. The predicted molar refractivity (Wildman–Crippen MR) is 61.0 cm³/mol. The van der Waals surface area contributed by atoms with Crippen molar-refractivity contribution in [2.45, 2.75) is 6.92 Å². The second-order valence-corrected chi connectivity index (χ2v) is 3.50. The minimum atomic E-state index is -0.639. The first-order valence-corrected chi connectivity index (χ1v) is 4.73. The maximum absolute atomic E-state index is 13.7. The smallest absolute Gasteiger partial charge is 0.222 e. The molecule has 0 atom stereocenters. The zero-order valence-corrected chi connectivity index (χ0v) is 8.74. The van der Waals surface area contributed by atoms with Gasteiger partial charge >= 0.3 is 0 Å². The van der Waals surface area contributed by atoms with Gasteiger partial charge in [-0.15, -0.1) is 0 Å². The lowest BCUT2D eigenvalue weighted by molar-refractivity contribution is 0.625. The van der Waals surface area contributed by atoms with Gasteiger partial charge in [-0.05, 0) is 13.0 Å². The van der Waals surface area contributed by atoms with E-state index in [0.29, 0.717) is 5.56 Å². The highest BCUT2D eigenvalue weighted by Crippen LogP contribution is 2.24. The Hall–Kier alpha value is -2.17. The molecule has 4 N–H and O–H groups in total. The SMILES string of the molecule is Cc1cccc(-c2nc(N)nc(N)c2F)c1. The van der Waals surface area contributed by atoms with Crippen LogP contribution in [-0.4, -0.2) is 9.97 Å². The van der Waals surface area contributed by atoms with Crippen LogP contribution in [0.1, 0.15) is 5.56 Å². The van der Waals surface area contributed by atoms with Crippen molar-refractivity contribution in [1.29, 1.82) is 0 Å². The molecule has 4 nitrogen and oxygen atoms in total. The van der Waals surface area contributed by atoms with Crippen molar-refractivity contribution in [3.05, 3.63) is 35.6 Å². The van der Waals surface area contributed by atoms with Crippen molar-refractivity contribution in [2.75, 3.05) is 11.5 Å². The molecule has 0 bridgehead atoms. The fourth-order valence-electron chi connectivity index (χ4n) is 1.47. The lowest BCUT2D eigenvalue weighted by atomic mass is 10.1. The second kappa shape index (κ2) is 3.77. The topological polar surface area (TPSA) is 77.8 Å². The van der Waals surface area contributed by atoms with Crippen LogP contribution in [0.15, 0.2) is 24.3 Å². The number of aryl methyl sites for hydroxylation is 1. The zero-order chi connectivity index (χ0) is 11.7. The van der Waals surface area contributed by atoms with Gasteiger partial charge in [-0.2, -0.15) is 4.98 Å². The van der Waals surface area contributed by atoms with E-state index in [-0.39, 0.29) is 17.5 Å². The van der Waals surface area contributed by atoms with Gasteiger partial charge in [0.1, 0.15) is 5.69 Å². The van der Waals surface area contributed by atoms with Gasteiger partial charge in [-0.25, -0.2) is 9.37 Å². The summed E-state index contributed by atoms with van der Waals surface area (Å²) >= 11 is 0. The highest BCUT2D eigenvalue weighted by Gasteiger charge is 2.12. The first kappa shape index (κ1) is 10.4. The number of anilines is 2. The van der Waals surface area contributed by atoms with Crippen molar-refractivity contribution >= 4 is 11.8 Å². The Kier molecular flexibility index (Phi) is 2.44. The fraction of sp³-hybridized carbons (Fsp3) is 0.0909. The van der Waals surface area contributed by atoms with Crippen molar-refractivity contribution in [2.24, 2.45) is 0 Å². The van der Waals surface area contributed by atoms with Gasteiger partial charge in [0.2, 0.25) is 5.95 Å². The molecule has 82 valence electrons. The van der Waals surface area contributed by atoms with Crippen LogP contribution >= 0.6 is 0 Å². The number of halogens is 1. The van der Waals surface area contributed by atoms with E-state index < -0.39 is 5.82 Å². The fourth-order valence-corrected chi connectivity index (χ4v) is 1.47. The summed E-state index contributed by atoms with van der Waals surface area (Å²) in [6.45, 7) is 1.91. The molecule has 1 aromatic heterocycles. The third-order valence-electron chi connectivity index (χ3n) is 2.19. The van der Waals surface area contributed by atoms with Crippen LogP contribution in [0.4, 0.5) is 16.2 Å². The number of nitrogens with two attached hydrogens (primary N) is 2. The summed E-state index contributed by atoms with van der Waals surface area (Å²) in [5.74, 6) is -0.904. The van der Waals surface area contributed by atoms with E-state index in [2.05, 4.69) is 9.97 Å². The van der Waals surface area contributed by atoms with Crippen LogP contribution in [0.3, 0.4) is 0 Å². The van der Waals surface area contributed by atoms with Crippen LogP contribution in [0.25, 0.3) is 11.3 Å². The molecule has 2 aromatic rings. The van der Waals surface area contributed by atoms with Gasteiger partial charge < -0.3 is 11.5 Å². The Labute approximate surface area is 92.1 Å². The first-order chi connectivity index (χ1) is 7.58. The highest BCUT2D eigenvalue weighted by atomic mass is 19.1. The molecule has 0 aliphatic heterocycles. The molecule has 0 unspecified atom stereocenters. The van der Waals surface area contributed by atoms with Gasteiger partial charge in [0, 0.05) is 5.56 Å². The number of nitrogen functional groups attached to an aromatic ring is 2. The molecule has 2 rings (SSSR count). The standard InChI is InChI=1S/C11H11FN4/c1-6-3-2-4-7(5-6)9-8(12)10(13)16-11(14)15-9/h2-5H,1H3,(H4,13,14,15,16). The normalized spacial score (nSPS) is 10.4. The Balaban J connectivity index is 2.64. The molecule has 0 radical (unpaired) electrons. The number of hydrogen-bond donors (Lipinski definition) is 2. The molecule has 0 aliphatic rings. The van der Waals surface area contributed by atoms with Crippen LogP contribution in [0.5, 0.6) is 0 Å². The van der Waals surface area contributed by atoms with Crippen LogP contribution in [-0.2, 0) is 0 Å². The molecule has 0 aliphatic carbocycles. The Morgan fingerprint density at radius 1 is 1.19 bits per heavy atom. The van der Waals surface area contributed by atoms with Gasteiger partial charge in [0.25, 0.3) is 0 Å². The van der Waals surface area contributed by atoms with E-state index in [1.807, 2.05) is 25.1 Å². The van der Waals surface area contributed by atoms with Gasteiger partial charge in [0.15, 0.2) is 11.6 Å². The van der Waals surface area contributed by atoms with E-state index in [1.165, 1.54) is 0 Å². The molecular weight excluding hydrogens is 207 g/mol. The van der Waals surface area contributed by atoms with E-state index in [1.54, 1.807) is 6.07 Å². The van der Waals surface area contributed by atoms with Crippen LogP contribution in [0.2, 0.25) is 0 Å². The van der Waals surface area contributed by atoms with Crippen LogP contribution < -0.4 is 11.5 Å². The highest BCUT2D eigenvalue weighted by molar-refractivity contribution is 5.65. The number of benzene rings is 1. The van der Waals surface area contributed by atoms with Crippen LogP contribution in [0, 0.1) is 12.7 Å². The summed E-state index contributed by atoms with van der Waals surface area (Å²) in [6, 6.07) is 7.29. The largest absolute Gasteiger partial charge is 0.381 e. The number of aromatic nitrogens is 2. The van der Waals surface area contributed by atoms with E-state index >= 15 is 0 Å². The predicted octanol–water partition coefficient (Wildman–Crippen LogP) is 1.76. The Morgan fingerprint density at radius 3 is 2.62 bits per heavy atom. The van der Waals surface area contributed by atoms with Gasteiger partial charge in [-0.1, -0.05) is 23.8 Å².